The van der Waals surface area contributed by atoms with Gasteiger partial charge in [-0.2, -0.15) is 0 Å². The molecule has 0 heterocycles. The molecule has 0 fully saturated rings. The molecule has 0 radical (unpaired) electrons. The minimum atomic E-state index is -3.70. The molecule has 0 aromatic heterocycles. The van der Waals surface area contributed by atoms with E-state index in [0.29, 0.717) is 19.3 Å². The van der Waals surface area contributed by atoms with Crippen molar-refractivity contribution in [2.24, 2.45) is 0 Å². The summed E-state index contributed by atoms with van der Waals surface area (Å²) in [5, 5.41) is 0. The lowest BCUT2D eigenvalue weighted by Crippen LogP contribution is -2.30. The molecule has 0 spiro atoms. The van der Waals surface area contributed by atoms with Crippen LogP contribution in [0.3, 0.4) is 0 Å². The van der Waals surface area contributed by atoms with Crippen LogP contribution in [0, 0.1) is 0 Å². The van der Waals surface area contributed by atoms with Gasteiger partial charge in [-0.05, 0) is 60.2 Å². The maximum Gasteiger partial charge on any atom is 0.305 e. The zero-order valence-corrected chi connectivity index (χ0v) is 20.2. The van der Waals surface area contributed by atoms with E-state index in [4.69, 9.17) is 0 Å². The standard InChI is InChI=1S/C25H26BrNO4S/c1-31-25(28)9-5-8-19-10-12-21(13-11-19)24(18-20-6-3-2-4-7-20)27-32(29,30)23-16-14-22(26)15-17-23/h2-4,6-7,10-17,24,27H,5,8-9,18H2,1H3. The highest BCUT2D eigenvalue weighted by Crippen LogP contribution is 2.23. The molecule has 0 bridgehead atoms. The van der Waals surface area contributed by atoms with Gasteiger partial charge in [-0.1, -0.05) is 70.5 Å². The lowest BCUT2D eigenvalue weighted by Gasteiger charge is -2.20. The molecule has 1 atom stereocenters. The Kier molecular flexibility index (Phi) is 8.61. The van der Waals surface area contributed by atoms with Crippen LogP contribution in [0.2, 0.25) is 0 Å². The van der Waals surface area contributed by atoms with Crippen molar-refractivity contribution in [2.45, 2.75) is 36.6 Å². The Morgan fingerprint density at radius 1 is 0.938 bits per heavy atom. The zero-order chi connectivity index (χ0) is 23.0. The number of benzene rings is 3. The largest absolute Gasteiger partial charge is 0.469 e. The van der Waals surface area contributed by atoms with Crippen LogP contribution < -0.4 is 4.72 Å². The van der Waals surface area contributed by atoms with Gasteiger partial charge in [0.05, 0.1) is 18.0 Å². The van der Waals surface area contributed by atoms with Gasteiger partial charge in [0.25, 0.3) is 0 Å². The first-order valence-electron chi connectivity index (χ1n) is 10.3. The Morgan fingerprint density at radius 3 is 2.22 bits per heavy atom. The lowest BCUT2D eigenvalue weighted by atomic mass is 9.98. The summed E-state index contributed by atoms with van der Waals surface area (Å²) in [6.07, 6.45) is 2.36. The van der Waals surface area contributed by atoms with Gasteiger partial charge in [0, 0.05) is 10.9 Å². The summed E-state index contributed by atoms with van der Waals surface area (Å²) < 4.78 is 34.5. The predicted molar refractivity (Wildman–Crippen MR) is 129 cm³/mol. The molecule has 3 aromatic carbocycles. The molecule has 3 rings (SSSR count). The smallest absolute Gasteiger partial charge is 0.305 e. The predicted octanol–water partition coefficient (Wildman–Crippen LogP) is 5.21. The number of rotatable bonds is 10. The number of esters is 1. The van der Waals surface area contributed by atoms with Crippen LogP contribution in [0.25, 0.3) is 0 Å². The molecule has 0 amide bonds. The molecular weight excluding hydrogens is 490 g/mol. The van der Waals surface area contributed by atoms with Crippen LogP contribution >= 0.6 is 15.9 Å². The maximum absolute atomic E-state index is 13.0. The molecule has 0 aliphatic rings. The summed E-state index contributed by atoms with van der Waals surface area (Å²) in [4.78, 5) is 11.5. The highest BCUT2D eigenvalue weighted by atomic mass is 79.9. The third-order valence-corrected chi connectivity index (χ3v) is 7.18. The first kappa shape index (κ1) is 24.2. The Balaban J connectivity index is 1.79. The molecule has 3 aromatic rings. The molecule has 0 aliphatic heterocycles. The fourth-order valence-electron chi connectivity index (χ4n) is 3.40. The number of carbonyl (C=O) groups is 1. The zero-order valence-electron chi connectivity index (χ0n) is 17.8. The number of sulfonamides is 1. The molecule has 0 aliphatic carbocycles. The summed E-state index contributed by atoms with van der Waals surface area (Å²) in [5.41, 5.74) is 3.01. The van der Waals surface area contributed by atoms with Crippen molar-refractivity contribution in [1.82, 2.24) is 4.72 Å². The number of hydrogen-bond acceptors (Lipinski definition) is 4. The average molecular weight is 516 g/mol. The number of ether oxygens (including phenoxy) is 1. The molecule has 5 nitrogen and oxygen atoms in total. The summed E-state index contributed by atoms with van der Waals surface area (Å²) in [6.45, 7) is 0. The van der Waals surface area contributed by atoms with Gasteiger partial charge in [0.15, 0.2) is 0 Å². The van der Waals surface area contributed by atoms with Gasteiger partial charge in [-0.3, -0.25) is 4.79 Å². The van der Waals surface area contributed by atoms with Crippen LogP contribution in [-0.2, 0) is 32.4 Å². The van der Waals surface area contributed by atoms with Crippen molar-refractivity contribution in [3.05, 3.63) is 100 Å². The first-order chi connectivity index (χ1) is 15.4. The fraction of sp³-hybridized carbons (Fsp3) is 0.240. The minimum absolute atomic E-state index is 0.216. The second kappa shape index (κ2) is 11.4. The molecule has 7 heteroatoms. The van der Waals surface area contributed by atoms with E-state index in [0.717, 1.165) is 27.6 Å². The summed E-state index contributed by atoms with van der Waals surface area (Å²) in [7, 11) is -2.32. The first-order valence-corrected chi connectivity index (χ1v) is 12.6. The molecule has 1 N–H and O–H groups in total. The third kappa shape index (κ3) is 7.02. The van der Waals surface area contributed by atoms with Crippen molar-refractivity contribution >= 4 is 31.9 Å². The molecule has 0 saturated carbocycles. The van der Waals surface area contributed by atoms with Gasteiger partial charge in [0.1, 0.15) is 0 Å². The van der Waals surface area contributed by atoms with Crippen molar-refractivity contribution in [3.63, 3.8) is 0 Å². The average Bonchev–Trinajstić information content (AvgIpc) is 2.80. The summed E-state index contributed by atoms with van der Waals surface area (Å²) in [6, 6.07) is 23.8. The maximum atomic E-state index is 13.0. The second-order valence-corrected chi connectivity index (χ2v) is 10.1. The Labute approximate surface area is 198 Å². The van der Waals surface area contributed by atoms with Crippen LogP contribution in [0.4, 0.5) is 0 Å². The van der Waals surface area contributed by atoms with Crippen LogP contribution in [-0.4, -0.2) is 21.5 Å². The normalized spacial score (nSPS) is 12.3. The van der Waals surface area contributed by atoms with Crippen molar-refractivity contribution in [3.8, 4) is 0 Å². The number of halogens is 1. The van der Waals surface area contributed by atoms with Crippen LogP contribution in [0.5, 0.6) is 0 Å². The van der Waals surface area contributed by atoms with Gasteiger partial charge in [-0.25, -0.2) is 13.1 Å². The number of nitrogens with one attached hydrogen (secondary N) is 1. The van der Waals surface area contributed by atoms with E-state index < -0.39 is 16.1 Å². The highest BCUT2D eigenvalue weighted by Gasteiger charge is 2.22. The second-order valence-electron chi connectivity index (χ2n) is 7.49. The fourth-order valence-corrected chi connectivity index (χ4v) is 4.89. The number of carbonyl (C=O) groups excluding carboxylic acids is 1. The quantitative estimate of drug-likeness (QED) is 0.376. The topological polar surface area (TPSA) is 72.5 Å². The van der Waals surface area contributed by atoms with Crippen molar-refractivity contribution in [2.75, 3.05) is 7.11 Å². The third-order valence-electron chi connectivity index (χ3n) is 5.16. The van der Waals surface area contributed by atoms with Gasteiger partial charge in [-0.15, -0.1) is 0 Å². The van der Waals surface area contributed by atoms with Gasteiger partial charge >= 0.3 is 5.97 Å². The number of methoxy groups -OCH3 is 1. The summed E-state index contributed by atoms with van der Waals surface area (Å²) in [5.74, 6) is -0.216. The SMILES string of the molecule is COC(=O)CCCc1ccc(C(Cc2ccccc2)NS(=O)(=O)c2ccc(Br)cc2)cc1. The van der Waals surface area contributed by atoms with E-state index in [2.05, 4.69) is 25.4 Å². The van der Waals surface area contributed by atoms with Crippen molar-refractivity contribution in [1.29, 1.82) is 0 Å². The van der Waals surface area contributed by atoms with Crippen LogP contribution in [0.15, 0.2) is 88.2 Å². The Hall–Kier alpha value is -2.48. The van der Waals surface area contributed by atoms with E-state index in [1.54, 1.807) is 24.3 Å². The van der Waals surface area contributed by atoms with E-state index in [-0.39, 0.29) is 10.9 Å². The Bertz CT molecular complexity index is 1110. The highest BCUT2D eigenvalue weighted by molar-refractivity contribution is 9.10. The lowest BCUT2D eigenvalue weighted by molar-refractivity contribution is -0.140. The van der Waals surface area contributed by atoms with Gasteiger partial charge in [0.2, 0.25) is 10.0 Å². The molecular formula is C25H26BrNO4S. The molecule has 32 heavy (non-hydrogen) atoms. The molecule has 168 valence electrons. The summed E-state index contributed by atoms with van der Waals surface area (Å²) >= 11 is 3.34. The number of aryl methyl sites for hydroxylation is 1. The van der Waals surface area contributed by atoms with Crippen LogP contribution in [0.1, 0.15) is 35.6 Å². The van der Waals surface area contributed by atoms with E-state index >= 15 is 0 Å². The monoisotopic (exact) mass is 515 g/mol. The molecule has 1 unspecified atom stereocenters. The van der Waals surface area contributed by atoms with Crippen molar-refractivity contribution < 1.29 is 17.9 Å². The minimum Gasteiger partial charge on any atom is -0.469 e. The number of hydrogen-bond donors (Lipinski definition) is 1. The van der Waals surface area contributed by atoms with Gasteiger partial charge < -0.3 is 4.74 Å². The van der Waals surface area contributed by atoms with E-state index in [1.807, 2.05) is 54.6 Å². The van der Waals surface area contributed by atoms with E-state index in [9.17, 15) is 13.2 Å². The Morgan fingerprint density at radius 2 is 1.59 bits per heavy atom. The molecule has 0 saturated heterocycles. The van der Waals surface area contributed by atoms with E-state index in [1.165, 1.54) is 7.11 Å².